The summed E-state index contributed by atoms with van der Waals surface area (Å²) in [5, 5.41) is 6.15. The highest BCUT2D eigenvalue weighted by molar-refractivity contribution is 7.18. The van der Waals surface area contributed by atoms with Crippen LogP contribution in [0.2, 0.25) is 0 Å². The molecule has 0 radical (unpaired) electrons. The van der Waals surface area contributed by atoms with Crippen molar-refractivity contribution in [3.05, 3.63) is 39.8 Å². The van der Waals surface area contributed by atoms with E-state index in [9.17, 15) is 14.4 Å². The van der Waals surface area contributed by atoms with Gasteiger partial charge < -0.3 is 24.8 Å². The van der Waals surface area contributed by atoms with E-state index in [4.69, 9.17) is 14.2 Å². The van der Waals surface area contributed by atoms with Gasteiger partial charge in [-0.05, 0) is 50.5 Å². The molecule has 4 rings (SSSR count). The first kappa shape index (κ1) is 22.1. The molecule has 170 valence electrons. The fraction of sp³-hybridized carbons (Fsp3) is 0.435. The fourth-order valence-electron chi connectivity index (χ4n) is 3.98. The lowest BCUT2D eigenvalue weighted by molar-refractivity contribution is 0.0527. The van der Waals surface area contributed by atoms with Crippen LogP contribution in [0.4, 0.5) is 5.00 Å². The lowest BCUT2D eigenvalue weighted by Gasteiger charge is -2.22. The summed E-state index contributed by atoms with van der Waals surface area (Å²) < 4.78 is 15.8. The Morgan fingerprint density at radius 3 is 2.59 bits per heavy atom. The zero-order valence-electron chi connectivity index (χ0n) is 18.1. The van der Waals surface area contributed by atoms with Crippen molar-refractivity contribution in [3.8, 4) is 11.5 Å². The molecule has 9 heteroatoms. The molecule has 0 unspecified atom stereocenters. The van der Waals surface area contributed by atoms with E-state index in [-0.39, 0.29) is 35.9 Å². The lowest BCUT2D eigenvalue weighted by Crippen LogP contribution is -2.36. The first-order valence-electron chi connectivity index (χ1n) is 10.8. The van der Waals surface area contributed by atoms with Crippen LogP contribution in [0.5, 0.6) is 11.5 Å². The predicted molar refractivity (Wildman–Crippen MR) is 120 cm³/mol. The molecule has 0 atom stereocenters. The van der Waals surface area contributed by atoms with E-state index in [1.807, 2.05) is 0 Å². The third-order valence-electron chi connectivity index (χ3n) is 5.63. The van der Waals surface area contributed by atoms with Crippen LogP contribution in [0.25, 0.3) is 0 Å². The maximum atomic E-state index is 13.0. The molecule has 2 aliphatic rings. The van der Waals surface area contributed by atoms with E-state index in [2.05, 4.69) is 10.6 Å². The number of fused-ring (bicyclic) bond motifs is 1. The second kappa shape index (κ2) is 9.60. The summed E-state index contributed by atoms with van der Waals surface area (Å²) in [6.07, 6.45) is 5.29. The molecule has 2 aromatic rings. The van der Waals surface area contributed by atoms with E-state index in [1.54, 1.807) is 32.0 Å². The van der Waals surface area contributed by atoms with Gasteiger partial charge in [0.1, 0.15) is 5.00 Å². The standard InChI is InChI=1S/C23H26N2O6S/c1-3-29-23(28)18-13(2)19(21(27)24-15-7-5-4-6-8-15)32-22(18)25-20(26)14-9-10-16-17(11-14)31-12-30-16/h9-11,15H,3-8,12H2,1-2H3,(H,24,27)(H,25,26). The molecule has 32 heavy (non-hydrogen) atoms. The van der Waals surface area contributed by atoms with E-state index < -0.39 is 11.9 Å². The summed E-state index contributed by atoms with van der Waals surface area (Å²) in [5.74, 6) is -0.164. The molecule has 1 aromatic heterocycles. The molecule has 1 aliphatic heterocycles. The van der Waals surface area contributed by atoms with Crippen LogP contribution in [0.3, 0.4) is 0 Å². The Hall–Kier alpha value is -3.07. The molecular weight excluding hydrogens is 432 g/mol. The first-order valence-corrected chi connectivity index (χ1v) is 11.6. The summed E-state index contributed by atoms with van der Waals surface area (Å²) in [6.45, 7) is 3.71. The molecule has 2 amide bonds. The third-order valence-corrected chi connectivity index (χ3v) is 6.84. The van der Waals surface area contributed by atoms with Crippen molar-refractivity contribution in [2.75, 3.05) is 18.7 Å². The minimum atomic E-state index is -0.570. The highest BCUT2D eigenvalue weighted by Crippen LogP contribution is 2.36. The van der Waals surface area contributed by atoms with Gasteiger partial charge in [-0.2, -0.15) is 0 Å². The van der Waals surface area contributed by atoms with Gasteiger partial charge in [0.05, 0.1) is 17.0 Å². The van der Waals surface area contributed by atoms with Crippen molar-refractivity contribution in [3.63, 3.8) is 0 Å². The number of carbonyl (C=O) groups excluding carboxylic acids is 3. The fourth-order valence-corrected chi connectivity index (χ4v) is 5.07. The molecule has 0 saturated heterocycles. The molecule has 1 saturated carbocycles. The second-order valence-corrected chi connectivity index (χ2v) is 8.83. The van der Waals surface area contributed by atoms with Crippen LogP contribution in [0, 0.1) is 6.92 Å². The SMILES string of the molecule is CCOC(=O)c1c(NC(=O)c2ccc3c(c2)OCO3)sc(C(=O)NC2CCCCC2)c1C. The summed E-state index contributed by atoms with van der Waals surface area (Å²) in [4.78, 5) is 38.9. The smallest absolute Gasteiger partial charge is 0.341 e. The molecule has 0 spiro atoms. The molecule has 1 fully saturated rings. The number of hydrogen-bond acceptors (Lipinski definition) is 7. The Labute approximate surface area is 190 Å². The maximum absolute atomic E-state index is 13.0. The Morgan fingerprint density at radius 1 is 1.09 bits per heavy atom. The molecular formula is C23H26N2O6S. The maximum Gasteiger partial charge on any atom is 0.341 e. The van der Waals surface area contributed by atoms with Crippen molar-refractivity contribution in [1.29, 1.82) is 0 Å². The van der Waals surface area contributed by atoms with Gasteiger partial charge in [0.2, 0.25) is 6.79 Å². The number of anilines is 1. The Bertz CT molecular complexity index is 1040. The third kappa shape index (κ3) is 4.57. The minimum absolute atomic E-state index is 0.108. The van der Waals surface area contributed by atoms with Crippen LogP contribution < -0.4 is 20.1 Å². The quantitative estimate of drug-likeness (QED) is 0.627. The Morgan fingerprint density at radius 2 is 1.84 bits per heavy atom. The number of nitrogens with one attached hydrogen (secondary N) is 2. The van der Waals surface area contributed by atoms with E-state index in [1.165, 1.54) is 6.42 Å². The summed E-state index contributed by atoms with van der Waals surface area (Å²) >= 11 is 1.08. The molecule has 1 aromatic carbocycles. The monoisotopic (exact) mass is 458 g/mol. The normalized spacial score (nSPS) is 15.3. The van der Waals surface area contributed by atoms with Gasteiger partial charge in [-0.25, -0.2) is 4.79 Å². The van der Waals surface area contributed by atoms with Crippen LogP contribution in [-0.2, 0) is 4.74 Å². The van der Waals surface area contributed by atoms with Gasteiger partial charge in [0.15, 0.2) is 11.5 Å². The average Bonchev–Trinajstić information content (AvgIpc) is 3.38. The first-order chi connectivity index (χ1) is 15.5. The largest absolute Gasteiger partial charge is 0.462 e. The van der Waals surface area contributed by atoms with Crippen molar-refractivity contribution in [2.45, 2.75) is 52.0 Å². The molecule has 2 heterocycles. The number of hydrogen-bond donors (Lipinski definition) is 2. The van der Waals surface area contributed by atoms with Crippen LogP contribution in [-0.4, -0.2) is 37.2 Å². The van der Waals surface area contributed by atoms with Crippen LogP contribution in [0.1, 0.15) is 75.0 Å². The van der Waals surface area contributed by atoms with E-state index in [0.29, 0.717) is 27.5 Å². The number of esters is 1. The van der Waals surface area contributed by atoms with Gasteiger partial charge in [-0.3, -0.25) is 9.59 Å². The Kier molecular flexibility index (Phi) is 6.64. The molecule has 2 N–H and O–H groups in total. The summed E-state index contributed by atoms with van der Waals surface area (Å²) in [7, 11) is 0. The van der Waals surface area contributed by atoms with Crippen molar-refractivity contribution in [1.82, 2.24) is 5.32 Å². The molecule has 0 bridgehead atoms. The van der Waals surface area contributed by atoms with Gasteiger partial charge in [-0.15, -0.1) is 11.3 Å². The number of rotatable bonds is 6. The number of benzene rings is 1. The highest BCUT2D eigenvalue weighted by Gasteiger charge is 2.28. The van der Waals surface area contributed by atoms with Crippen molar-refractivity contribution >= 4 is 34.1 Å². The summed E-state index contributed by atoms with van der Waals surface area (Å²) in [5.41, 5.74) is 1.06. The van der Waals surface area contributed by atoms with Crippen molar-refractivity contribution in [2.24, 2.45) is 0 Å². The van der Waals surface area contributed by atoms with Crippen LogP contribution >= 0.6 is 11.3 Å². The summed E-state index contributed by atoms with van der Waals surface area (Å²) in [6, 6.07) is 4.99. The minimum Gasteiger partial charge on any atom is -0.462 e. The van der Waals surface area contributed by atoms with E-state index >= 15 is 0 Å². The predicted octanol–water partition coefficient (Wildman–Crippen LogP) is 4.28. The van der Waals surface area contributed by atoms with Gasteiger partial charge in [-0.1, -0.05) is 19.3 Å². The average molecular weight is 459 g/mol. The van der Waals surface area contributed by atoms with Gasteiger partial charge in [0.25, 0.3) is 11.8 Å². The number of amides is 2. The zero-order chi connectivity index (χ0) is 22.7. The highest BCUT2D eigenvalue weighted by atomic mass is 32.1. The molecule has 1 aliphatic carbocycles. The van der Waals surface area contributed by atoms with Crippen molar-refractivity contribution < 1.29 is 28.6 Å². The topological polar surface area (TPSA) is 103 Å². The Balaban J connectivity index is 1.59. The zero-order valence-corrected chi connectivity index (χ0v) is 18.9. The number of ether oxygens (including phenoxy) is 3. The number of carbonyl (C=O) groups is 3. The lowest BCUT2D eigenvalue weighted by atomic mass is 9.95. The second-order valence-electron chi connectivity index (χ2n) is 7.81. The van der Waals surface area contributed by atoms with Crippen LogP contribution in [0.15, 0.2) is 18.2 Å². The number of thiophene rings is 1. The molecule has 8 nitrogen and oxygen atoms in total. The van der Waals surface area contributed by atoms with Gasteiger partial charge in [0, 0.05) is 11.6 Å². The van der Waals surface area contributed by atoms with Gasteiger partial charge >= 0.3 is 5.97 Å². The van der Waals surface area contributed by atoms with E-state index in [0.717, 1.165) is 37.0 Å².